The third-order valence-corrected chi connectivity index (χ3v) is 6.73. The van der Waals surface area contributed by atoms with Crippen LogP contribution in [0.15, 0.2) is 35.5 Å². The highest BCUT2D eigenvalue weighted by Gasteiger charge is 2.33. The molecule has 3 aromatic rings. The topological polar surface area (TPSA) is 73.0 Å². The van der Waals surface area contributed by atoms with Crippen molar-refractivity contribution in [3.8, 4) is 0 Å². The minimum absolute atomic E-state index is 0.0844. The number of halogens is 3. The summed E-state index contributed by atoms with van der Waals surface area (Å²) in [6.07, 6.45) is -0.766. The van der Waals surface area contributed by atoms with Crippen LogP contribution in [-0.4, -0.2) is 52.2 Å². The number of aromatic nitrogens is 4. The third kappa shape index (κ3) is 3.41. The van der Waals surface area contributed by atoms with Crippen molar-refractivity contribution < 1.29 is 21.6 Å². The SMILES string of the molecule is Cc1nc(S(=O)(=O)n2nc(C3=CCN(C)CC3)c3cc(C(F)(F)F)ccc32)cn1C. The number of alkyl halides is 3. The van der Waals surface area contributed by atoms with Crippen molar-refractivity contribution in [1.82, 2.24) is 23.6 Å². The second kappa shape index (κ2) is 6.95. The van der Waals surface area contributed by atoms with Gasteiger partial charge in [0.05, 0.1) is 16.8 Å². The largest absolute Gasteiger partial charge is 0.416 e. The molecule has 0 fully saturated rings. The summed E-state index contributed by atoms with van der Waals surface area (Å²) in [6, 6.07) is 2.98. The van der Waals surface area contributed by atoms with Gasteiger partial charge in [-0.25, -0.2) is 4.98 Å². The van der Waals surface area contributed by atoms with Crippen LogP contribution in [0, 0.1) is 6.92 Å². The monoisotopic (exact) mass is 439 g/mol. The van der Waals surface area contributed by atoms with Crippen molar-refractivity contribution in [2.75, 3.05) is 20.1 Å². The molecule has 3 heterocycles. The summed E-state index contributed by atoms with van der Waals surface area (Å²) in [5.74, 6) is 0.489. The van der Waals surface area contributed by atoms with Gasteiger partial charge in [-0.1, -0.05) is 6.08 Å². The summed E-state index contributed by atoms with van der Waals surface area (Å²) in [4.78, 5) is 6.12. The van der Waals surface area contributed by atoms with E-state index in [2.05, 4.69) is 15.0 Å². The van der Waals surface area contributed by atoms with Gasteiger partial charge in [0.1, 0.15) is 5.82 Å². The zero-order valence-electron chi connectivity index (χ0n) is 16.6. The van der Waals surface area contributed by atoms with E-state index in [1.165, 1.54) is 6.20 Å². The Morgan fingerprint density at radius 2 is 1.90 bits per heavy atom. The van der Waals surface area contributed by atoms with E-state index in [4.69, 9.17) is 0 Å². The van der Waals surface area contributed by atoms with Gasteiger partial charge in [0.2, 0.25) is 0 Å². The zero-order valence-corrected chi connectivity index (χ0v) is 17.4. The number of fused-ring (bicyclic) bond motifs is 1. The summed E-state index contributed by atoms with van der Waals surface area (Å²) in [7, 11) is -0.600. The Morgan fingerprint density at radius 1 is 1.17 bits per heavy atom. The Hall–Kier alpha value is -2.66. The van der Waals surface area contributed by atoms with E-state index in [1.807, 2.05) is 13.1 Å². The van der Waals surface area contributed by atoms with Gasteiger partial charge in [-0.15, -0.1) is 0 Å². The van der Waals surface area contributed by atoms with Gasteiger partial charge in [-0.2, -0.15) is 30.8 Å². The Bertz CT molecular complexity index is 1250. The van der Waals surface area contributed by atoms with E-state index in [0.29, 0.717) is 25.3 Å². The molecule has 0 spiro atoms. The Labute approximate surface area is 171 Å². The molecular weight excluding hydrogens is 419 g/mol. The van der Waals surface area contributed by atoms with Crippen molar-refractivity contribution in [3.05, 3.63) is 47.6 Å². The third-order valence-electron chi connectivity index (χ3n) is 5.27. The maximum Gasteiger partial charge on any atom is 0.416 e. The van der Waals surface area contributed by atoms with Gasteiger partial charge in [0.25, 0.3) is 0 Å². The van der Waals surface area contributed by atoms with Gasteiger partial charge < -0.3 is 9.47 Å². The number of likely N-dealkylation sites (N-methyl/N-ethyl adjacent to an activating group) is 1. The number of hydrogen-bond donors (Lipinski definition) is 0. The molecule has 30 heavy (non-hydrogen) atoms. The second-order valence-electron chi connectivity index (χ2n) is 7.41. The van der Waals surface area contributed by atoms with Crippen LogP contribution >= 0.6 is 0 Å². The molecule has 0 bridgehead atoms. The highest BCUT2D eigenvalue weighted by Crippen LogP contribution is 2.36. The summed E-state index contributed by atoms with van der Waals surface area (Å²) in [6.45, 7) is 2.96. The molecule has 0 unspecified atom stereocenters. The van der Waals surface area contributed by atoms with Crippen molar-refractivity contribution in [2.45, 2.75) is 24.5 Å². The van der Waals surface area contributed by atoms with Crippen LogP contribution in [0.5, 0.6) is 0 Å². The van der Waals surface area contributed by atoms with Gasteiger partial charge in [-0.3, -0.25) is 0 Å². The van der Waals surface area contributed by atoms with Crippen molar-refractivity contribution in [3.63, 3.8) is 0 Å². The van der Waals surface area contributed by atoms with Gasteiger partial charge in [-0.05, 0) is 44.2 Å². The first-order valence-corrected chi connectivity index (χ1v) is 10.7. The number of hydrogen-bond acceptors (Lipinski definition) is 5. The second-order valence-corrected chi connectivity index (χ2v) is 9.12. The first-order valence-electron chi connectivity index (χ1n) is 9.22. The molecule has 2 aromatic heterocycles. The molecule has 0 aliphatic carbocycles. The van der Waals surface area contributed by atoms with Gasteiger partial charge in [0.15, 0.2) is 5.03 Å². The maximum atomic E-state index is 13.3. The molecule has 1 aliphatic rings. The van der Waals surface area contributed by atoms with E-state index in [1.54, 1.807) is 18.5 Å². The molecule has 7 nitrogen and oxygen atoms in total. The average Bonchev–Trinajstić information content (AvgIpc) is 3.22. The standard InChI is InChI=1S/C19H20F3N5O2S/c1-12-23-17(11-26(12)3)30(28,29)27-16-5-4-14(19(20,21)22)10-15(16)18(24-27)13-6-8-25(2)9-7-13/h4-6,10-11H,7-9H2,1-3H3. The van der Waals surface area contributed by atoms with E-state index >= 15 is 0 Å². The predicted molar refractivity (Wildman–Crippen MR) is 105 cm³/mol. The first-order chi connectivity index (χ1) is 14.0. The lowest BCUT2D eigenvalue weighted by atomic mass is 10.0. The highest BCUT2D eigenvalue weighted by atomic mass is 32.2. The van der Waals surface area contributed by atoms with E-state index in [-0.39, 0.29) is 21.6 Å². The minimum Gasteiger partial charge on any atom is -0.337 e. The molecule has 160 valence electrons. The van der Waals surface area contributed by atoms with E-state index in [0.717, 1.165) is 27.9 Å². The Balaban J connectivity index is 1.97. The summed E-state index contributed by atoms with van der Waals surface area (Å²) in [5, 5.41) is 4.21. The molecule has 0 saturated carbocycles. The number of rotatable bonds is 3. The molecule has 0 atom stereocenters. The lowest BCUT2D eigenvalue weighted by molar-refractivity contribution is -0.137. The van der Waals surface area contributed by atoms with Crippen molar-refractivity contribution in [1.29, 1.82) is 0 Å². The molecule has 0 radical (unpaired) electrons. The summed E-state index contributed by atoms with van der Waals surface area (Å²) < 4.78 is 68.7. The quantitative estimate of drug-likeness (QED) is 0.627. The molecule has 0 saturated heterocycles. The predicted octanol–water partition coefficient (Wildman–Crippen LogP) is 3.05. The molecule has 1 aliphatic heterocycles. The minimum atomic E-state index is -4.55. The van der Waals surface area contributed by atoms with E-state index < -0.39 is 21.8 Å². The van der Waals surface area contributed by atoms with Crippen LogP contribution < -0.4 is 0 Å². The Kier molecular flexibility index (Phi) is 4.77. The fourth-order valence-electron chi connectivity index (χ4n) is 3.41. The van der Waals surface area contributed by atoms with E-state index in [9.17, 15) is 21.6 Å². The van der Waals surface area contributed by atoms with Crippen molar-refractivity contribution in [2.24, 2.45) is 7.05 Å². The number of nitrogens with zero attached hydrogens (tertiary/aromatic N) is 5. The smallest absolute Gasteiger partial charge is 0.337 e. The molecular formula is C19H20F3N5O2S. The van der Waals surface area contributed by atoms with Crippen LogP contribution in [0.3, 0.4) is 0 Å². The van der Waals surface area contributed by atoms with Crippen LogP contribution in [0.25, 0.3) is 16.5 Å². The normalized spacial score (nSPS) is 16.3. The highest BCUT2D eigenvalue weighted by molar-refractivity contribution is 7.89. The fraction of sp³-hybridized carbons (Fsp3) is 0.368. The first kappa shape index (κ1) is 20.6. The van der Waals surface area contributed by atoms with Gasteiger partial charge >= 0.3 is 16.2 Å². The fourth-order valence-corrected chi connectivity index (χ4v) is 4.74. The number of aryl methyl sites for hydroxylation is 2. The van der Waals surface area contributed by atoms with Gasteiger partial charge in [0, 0.05) is 31.7 Å². The molecule has 0 amide bonds. The lowest BCUT2D eigenvalue weighted by Crippen LogP contribution is -2.24. The maximum absolute atomic E-state index is 13.3. The summed E-state index contributed by atoms with van der Waals surface area (Å²) in [5.41, 5.74) is 0.209. The molecule has 4 rings (SSSR count). The average molecular weight is 439 g/mol. The van der Waals surface area contributed by atoms with Crippen LogP contribution in [0.1, 0.15) is 23.5 Å². The number of imidazole rings is 1. The number of benzene rings is 1. The lowest BCUT2D eigenvalue weighted by Gasteiger charge is -2.21. The van der Waals surface area contributed by atoms with Crippen LogP contribution in [0.2, 0.25) is 0 Å². The zero-order chi connectivity index (χ0) is 21.8. The van der Waals surface area contributed by atoms with Crippen LogP contribution in [-0.2, 0) is 23.2 Å². The Morgan fingerprint density at radius 3 is 2.47 bits per heavy atom. The molecule has 0 N–H and O–H groups in total. The molecule has 1 aromatic carbocycles. The summed E-state index contributed by atoms with van der Waals surface area (Å²) >= 11 is 0. The molecule has 11 heteroatoms. The van der Waals surface area contributed by atoms with Crippen LogP contribution in [0.4, 0.5) is 13.2 Å². The van der Waals surface area contributed by atoms with Crippen molar-refractivity contribution >= 4 is 26.5 Å².